The van der Waals surface area contributed by atoms with Gasteiger partial charge in [-0.05, 0) is 32.2 Å². The van der Waals surface area contributed by atoms with Crippen molar-refractivity contribution in [2.45, 2.75) is 38.6 Å². The lowest BCUT2D eigenvalue weighted by Crippen LogP contribution is -2.33. The van der Waals surface area contributed by atoms with Crippen LogP contribution >= 0.6 is 0 Å². The molecular formula is C15H24N2O3. The molecule has 0 aliphatic heterocycles. The first kappa shape index (κ1) is 16.6. The molecule has 1 atom stereocenters. The summed E-state index contributed by atoms with van der Waals surface area (Å²) >= 11 is 0. The molecule has 20 heavy (non-hydrogen) atoms. The van der Waals surface area contributed by atoms with Crippen molar-refractivity contribution in [2.24, 2.45) is 0 Å². The fraction of sp³-hybridized carbons (Fsp3) is 0.600. The molecular weight excluding hydrogens is 256 g/mol. The Morgan fingerprint density at radius 2 is 2.15 bits per heavy atom. The van der Waals surface area contributed by atoms with Crippen LogP contribution in [-0.4, -0.2) is 31.2 Å². The molecule has 5 heteroatoms. The van der Waals surface area contributed by atoms with Crippen LogP contribution < -0.4 is 5.32 Å². The number of nitrogens with one attached hydrogen (secondary N) is 1. The van der Waals surface area contributed by atoms with Gasteiger partial charge in [0.25, 0.3) is 5.69 Å². The number of rotatable bonds is 10. The summed E-state index contributed by atoms with van der Waals surface area (Å²) in [6, 6.07) is 7.28. The molecule has 0 saturated heterocycles. The maximum atomic E-state index is 10.9. The Labute approximate surface area is 120 Å². The number of benzene rings is 1. The molecule has 1 aromatic rings. The first-order valence-corrected chi connectivity index (χ1v) is 7.13. The summed E-state index contributed by atoms with van der Waals surface area (Å²) < 4.78 is 5.20. The highest BCUT2D eigenvalue weighted by atomic mass is 16.6. The van der Waals surface area contributed by atoms with Gasteiger partial charge in [0.2, 0.25) is 0 Å². The highest BCUT2D eigenvalue weighted by molar-refractivity contribution is 5.39. The summed E-state index contributed by atoms with van der Waals surface area (Å²) in [6.45, 7) is 3.78. The van der Waals surface area contributed by atoms with Crippen LogP contribution in [-0.2, 0) is 11.2 Å². The van der Waals surface area contributed by atoms with Gasteiger partial charge in [0, 0.05) is 24.8 Å². The molecule has 0 radical (unpaired) electrons. The zero-order valence-corrected chi connectivity index (χ0v) is 12.3. The van der Waals surface area contributed by atoms with Gasteiger partial charge in [0.1, 0.15) is 0 Å². The Hall–Kier alpha value is -1.46. The molecule has 5 nitrogen and oxygen atoms in total. The molecule has 1 aromatic carbocycles. The molecule has 0 saturated carbocycles. The third kappa shape index (κ3) is 5.67. The van der Waals surface area contributed by atoms with Gasteiger partial charge >= 0.3 is 0 Å². The summed E-state index contributed by atoms with van der Waals surface area (Å²) in [5, 5.41) is 14.4. The Bertz CT molecular complexity index is 410. The van der Waals surface area contributed by atoms with Crippen molar-refractivity contribution in [2.75, 3.05) is 20.3 Å². The SMILES string of the molecule is CCCNC(CCCc1ccccc1[N+](=O)[O-])COC. The summed E-state index contributed by atoms with van der Waals surface area (Å²) in [6.07, 6.45) is 3.69. The van der Waals surface area contributed by atoms with E-state index in [0.29, 0.717) is 12.6 Å². The van der Waals surface area contributed by atoms with Gasteiger partial charge in [-0.25, -0.2) is 0 Å². The van der Waals surface area contributed by atoms with E-state index in [-0.39, 0.29) is 10.6 Å². The van der Waals surface area contributed by atoms with E-state index in [1.54, 1.807) is 19.2 Å². The molecule has 0 bridgehead atoms. The van der Waals surface area contributed by atoms with Crippen LogP contribution in [0.3, 0.4) is 0 Å². The van der Waals surface area contributed by atoms with Crippen LogP contribution in [0.1, 0.15) is 31.7 Å². The number of ether oxygens (including phenoxy) is 1. The minimum atomic E-state index is -0.308. The van der Waals surface area contributed by atoms with Gasteiger partial charge in [-0.1, -0.05) is 25.1 Å². The number of hydrogen-bond acceptors (Lipinski definition) is 4. The van der Waals surface area contributed by atoms with Crippen molar-refractivity contribution in [1.82, 2.24) is 5.32 Å². The second kappa shape index (κ2) is 9.44. The number of nitro benzene ring substituents is 1. The maximum Gasteiger partial charge on any atom is 0.272 e. The molecule has 0 aliphatic rings. The quantitative estimate of drug-likeness (QED) is 0.528. The molecule has 0 heterocycles. The van der Waals surface area contributed by atoms with Crippen LogP contribution in [0, 0.1) is 10.1 Å². The predicted octanol–water partition coefficient (Wildman–Crippen LogP) is 2.93. The molecule has 0 aromatic heterocycles. The van der Waals surface area contributed by atoms with E-state index < -0.39 is 0 Å². The van der Waals surface area contributed by atoms with Crippen molar-refractivity contribution in [3.63, 3.8) is 0 Å². The second-order valence-corrected chi connectivity index (χ2v) is 4.88. The van der Waals surface area contributed by atoms with Crippen LogP contribution in [0.2, 0.25) is 0 Å². The van der Waals surface area contributed by atoms with Crippen LogP contribution in [0.4, 0.5) is 5.69 Å². The predicted molar refractivity (Wildman–Crippen MR) is 80.0 cm³/mol. The number of aryl methyl sites for hydroxylation is 1. The Balaban J connectivity index is 2.47. The maximum absolute atomic E-state index is 10.9. The Morgan fingerprint density at radius 3 is 2.80 bits per heavy atom. The summed E-state index contributed by atoms with van der Waals surface area (Å²) in [5.74, 6) is 0. The highest BCUT2D eigenvalue weighted by Crippen LogP contribution is 2.20. The lowest BCUT2D eigenvalue weighted by molar-refractivity contribution is -0.385. The zero-order chi connectivity index (χ0) is 14.8. The average Bonchev–Trinajstić information content (AvgIpc) is 2.45. The lowest BCUT2D eigenvalue weighted by atomic mass is 10.0. The topological polar surface area (TPSA) is 64.4 Å². The summed E-state index contributed by atoms with van der Waals surface area (Å²) in [4.78, 5) is 10.6. The molecule has 0 fully saturated rings. The standard InChI is InChI=1S/C15H24N2O3/c1-3-11-16-14(12-20-2)9-6-8-13-7-4-5-10-15(13)17(18)19/h4-5,7,10,14,16H,3,6,8-9,11-12H2,1-2H3. The van der Waals surface area contributed by atoms with Crippen molar-refractivity contribution < 1.29 is 9.66 Å². The minimum absolute atomic E-state index is 0.220. The van der Waals surface area contributed by atoms with E-state index >= 15 is 0 Å². The molecule has 1 rings (SSSR count). The van der Waals surface area contributed by atoms with Gasteiger partial charge in [-0.2, -0.15) is 0 Å². The van der Waals surface area contributed by atoms with Crippen LogP contribution in [0.5, 0.6) is 0 Å². The Kier molecular flexibility index (Phi) is 7.84. The van der Waals surface area contributed by atoms with E-state index in [1.807, 2.05) is 12.1 Å². The molecule has 0 amide bonds. The van der Waals surface area contributed by atoms with Gasteiger partial charge in [-0.15, -0.1) is 0 Å². The van der Waals surface area contributed by atoms with E-state index in [2.05, 4.69) is 12.2 Å². The molecule has 0 spiro atoms. The highest BCUT2D eigenvalue weighted by Gasteiger charge is 2.13. The van der Waals surface area contributed by atoms with Gasteiger partial charge in [-0.3, -0.25) is 10.1 Å². The average molecular weight is 280 g/mol. The Morgan fingerprint density at radius 1 is 1.40 bits per heavy atom. The number of hydrogen-bond donors (Lipinski definition) is 1. The molecule has 1 unspecified atom stereocenters. The van der Waals surface area contributed by atoms with E-state index in [1.165, 1.54) is 0 Å². The second-order valence-electron chi connectivity index (χ2n) is 4.88. The van der Waals surface area contributed by atoms with E-state index in [4.69, 9.17) is 4.74 Å². The fourth-order valence-electron chi connectivity index (χ4n) is 2.23. The number of nitro groups is 1. The first-order chi connectivity index (χ1) is 9.69. The first-order valence-electron chi connectivity index (χ1n) is 7.13. The number of methoxy groups -OCH3 is 1. The van der Waals surface area contributed by atoms with Crippen LogP contribution in [0.25, 0.3) is 0 Å². The van der Waals surface area contributed by atoms with Crippen molar-refractivity contribution in [3.8, 4) is 0 Å². The smallest absolute Gasteiger partial charge is 0.272 e. The normalized spacial score (nSPS) is 12.3. The molecule has 1 N–H and O–H groups in total. The van der Waals surface area contributed by atoms with E-state index in [0.717, 1.165) is 37.8 Å². The monoisotopic (exact) mass is 280 g/mol. The van der Waals surface area contributed by atoms with Gasteiger partial charge < -0.3 is 10.1 Å². The summed E-state index contributed by atoms with van der Waals surface area (Å²) in [5.41, 5.74) is 1.03. The fourth-order valence-corrected chi connectivity index (χ4v) is 2.23. The number of nitrogens with zero attached hydrogens (tertiary/aromatic N) is 1. The molecule has 112 valence electrons. The molecule has 0 aliphatic carbocycles. The van der Waals surface area contributed by atoms with Crippen molar-refractivity contribution in [3.05, 3.63) is 39.9 Å². The largest absolute Gasteiger partial charge is 0.383 e. The zero-order valence-electron chi connectivity index (χ0n) is 12.3. The van der Waals surface area contributed by atoms with Gasteiger partial charge in [0.05, 0.1) is 11.5 Å². The van der Waals surface area contributed by atoms with Crippen molar-refractivity contribution in [1.29, 1.82) is 0 Å². The van der Waals surface area contributed by atoms with E-state index in [9.17, 15) is 10.1 Å². The van der Waals surface area contributed by atoms with Gasteiger partial charge in [0.15, 0.2) is 0 Å². The third-order valence-electron chi connectivity index (χ3n) is 3.24. The lowest BCUT2D eigenvalue weighted by Gasteiger charge is -2.17. The third-order valence-corrected chi connectivity index (χ3v) is 3.24. The number of para-hydroxylation sites is 1. The van der Waals surface area contributed by atoms with Crippen molar-refractivity contribution >= 4 is 5.69 Å². The van der Waals surface area contributed by atoms with Crippen LogP contribution in [0.15, 0.2) is 24.3 Å². The minimum Gasteiger partial charge on any atom is -0.383 e. The summed E-state index contributed by atoms with van der Waals surface area (Å²) in [7, 11) is 1.70.